The monoisotopic (exact) mass is 328 g/mol. The van der Waals surface area contributed by atoms with Crippen LogP contribution in [-0.2, 0) is 19.4 Å². The quantitative estimate of drug-likeness (QED) is 0.577. The molecule has 1 amide bonds. The van der Waals surface area contributed by atoms with Gasteiger partial charge < -0.3 is 16.4 Å². The molecule has 1 aromatic carbocycles. The number of thiophene rings is 1. The maximum Gasteiger partial charge on any atom is 0.251 e. The second-order valence-corrected chi connectivity index (χ2v) is 6.49. The van der Waals surface area contributed by atoms with Crippen molar-refractivity contribution in [3.05, 3.63) is 57.3 Å². The first-order valence-electron chi connectivity index (χ1n) is 7.68. The number of benzene rings is 1. The van der Waals surface area contributed by atoms with E-state index >= 15 is 0 Å². The van der Waals surface area contributed by atoms with E-state index in [1.165, 1.54) is 4.88 Å². The number of amides is 1. The Morgan fingerprint density at radius 2 is 2.30 bits per heavy atom. The van der Waals surface area contributed by atoms with Gasteiger partial charge in [0.05, 0.1) is 6.54 Å². The third-order valence-corrected chi connectivity index (χ3v) is 4.72. The van der Waals surface area contributed by atoms with Crippen molar-refractivity contribution in [1.82, 2.24) is 10.6 Å². The molecule has 0 aliphatic carbocycles. The molecule has 3 rings (SSSR count). The molecule has 0 saturated carbocycles. The standard InChI is InChI=1S/C17H20N4OS/c18-17(20-8-6-14-2-1-9-23-14)21-11-12-3-4-13-5-7-19-16(22)15(13)10-12/h1-4,9-10H,5-8,11H2,(H,19,22)(H3,18,20,21). The molecule has 120 valence electrons. The summed E-state index contributed by atoms with van der Waals surface area (Å²) in [7, 11) is 0. The number of nitrogens with two attached hydrogens (primary N) is 1. The summed E-state index contributed by atoms with van der Waals surface area (Å²) in [5.74, 6) is 0.433. The Morgan fingerprint density at radius 1 is 1.39 bits per heavy atom. The van der Waals surface area contributed by atoms with Crippen molar-refractivity contribution in [3.63, 3.8) is 0 Å². The minimum Gasteiger partial charge on any atom is -0.370 e. The molecule has 0 fully saturated rings. The molecular formula is C17H20N4OS. The lowest BCUT2D eigenvalue weighted by molar-refractivity contribution is 0.0946. The SMILES string of the molecule is NC(=NCc1ccc2c(c1)C(=O)NCC2)NCCc1cccs1. The summed E-state index contributed by atoms with van der Waals surface area (Å²) in [5, 5.41) is 8.05. The number of fused-ring (bicyclic) bond motifs is 1. The van der Waals surface area contributed by atoms with Crippen molar-refractivity contribution in [2.75, 3.05) is 13.1 Å². The Kier molecular flexibility index (Phi) is 4.92. The summed E-state index contributed by atoms with van der Waals surface area (Å²) < 4.78 is 0. The molecule has 0 spiro atoms. The van der Waals surface area contributed by atoms with Gasteiger partial charge in [0.25, 0.3) is 5.91 Å². The van der Waals surface area contributed by atoms with Crippen LogP contribution >= 0.6 is 11.3 Å². The number of aliphatic imine (C=N–C) groups is 1. The fourth-order valence-electron chi connectivity index (χ4n) is 2.56. The second kappa shape index (κ2) is 7.28. The smallest absolute Gasteiger partial charge is 0.251 e. The molecule has 0 unspecified atom stereocenters. The maximum absolute atomic E-state index is 11.8. The van der Waals surface area contributed by atoms with Gasteiger partial charge in [0.2, 0.25) is 0 Å². The Labute approximate surface area is 139 Å². The number of hydrogen-bond donors (Lipinski definition) is 3. The predicted molar refractivity (Wildman–Crippen MR) is 93.8 cm³/mol. The van der Waals surface area contributed by atoms with Crippen LogP contribution in [0.25, 0.3) is 0 Å². The number of nitrogens with zero attached hydrogens (tertiary/aromatic N) is 1. The highest BCUT2D eigenvalue weighted by molar-refractivity contribution is 7.09. The Morgan fingerprint density at radius 3 is 3.13 bits per heavy atom. The number of carbonyl (C=O) groups is 1. The highest BCUT2D eigenvalue weighted by atomic mass is 32.1. The van der Waals surface area contributed by atoms with Gasteiger partial charge in [-0.1, -0.05) is 18.2 Å². The molecule has 2 heterocycles. The molecule has 6 heteroatoms. The number of guanidine groups is 1. The first kappa shape index (κ1) is 15.6. The summed E-state index contributed by atoms with van der Waals surface area (Å²) in [6.07, 6.45) is 1.82. The highest BCUT2D eigenvalue weighted by Crippen LogP contribution is 2.16. The van der Waals surface area contributed by atoms with Gasteiger partial charge in [-0.3, -0.25) is 4.79 Å². The summed E-state index contributed by atoms with van der Waals surface area (Å²) in [6, 6.07) is 10.1. The van der Waals surface area contributed by atoms with Crippen LogP contribution in [0.3, 0.4) is 0 Å². The lowest BCUT2D eigenvalue weighted by Crippen LogP contribution is -2.33. The van der Waals surface area contributed by atoms with Crippen LogP contribution in [0.1, 0.15) is 26.4 Å². The molecule has 0 bridgehead atoms. The average Bonchev–Trinajstić information content (AvgIpc) is 3.07. The fourth-order valence-corrected chi connectivity index (χ4v) is 3.27. The van der Waals surface area contributed by atoms with Gasteiger partial charge >= 0.3 is 0 Å². The molecule has 1 aromatic heterocycles. The number of nitrogens with one attached hydrogen (secondary N) is 2. The van der Waals surface area contributed by atoms with Crippen molar-refractivity contribution in [3.8, 4) is 0 Å². The van der Waals surface area contributed by atoms with Crippen LogP contribution in [0.5, 0.6) is 0 Å². The first-order valence-corrected chi connectivity index (χ1v) is 8.56. The molecule has 1 aliphatic heterocycles. The summed E-state index contributed by atoms with van der Waals surface area (Å²) in [6.45, 7) is 1.95. The summed E-state index contributed by atoms with van der Waals surface area (Å²) in [5.41, 5.74) is 8.74. The van der Waals surface area contributed by atoms with Crippen molar-refractivity contribution in [1.29, 1.82) is 0 Å². The topological polar surface area (TPSA) is 79.5 Å². The zero-order valence-corrected chi connectivity index (χ0v) is 13.7. The van der Waals surface area contributed by atoms with Gasteiger partial charge in [-0.15, -0.1) is 11.3 Å². The highest BCUT2D eigenvalue weighted by Gasteiger charge is 2.16. The van der Waals surface area contributed by atoms with E-state index in [1.54, 1.807) is 11.3 Å². The summed E-state index contributed by atoms with van der Waals surface area (Å²) >= 11 is 1.74. The fraction of sp³-hybridized carbons (Fsp3) is 0.294. The second-order valence-electron chi connectivity index (χ2n) is 5.46. The van der Waals surface area contributed by atoms with Crippen LogP contribution < -0.4 is 16.4 Å². The largest absolute Gasteiger partial charge is 0.370 e. The third kappa shape index (κ3) is 4.10. The Balaban J connectivity index is 1.54. The van der Waals surface area contributed by atoms with Gasteiger partial charge in [-0.2, -0.15) is 0 Å². The van der Waals surface area contributed by atoms with Gasteiger partial charge in [-0.05, 0) is 41.5 Å². The van der Waals surface area contributed by atoms with Crippen LogP contribution in [0.2, 0.25) is 0 Å². The molecule has 0 saturated heterocycles. The van der Waals surface area contributed by atoms with E-state index in [4.69, 9.17) is 5.73 Å². The molecule has 0 radical (unpaired) electrons. The predicted octanol–water partition coefficient (Wildman–Crippen LogP) is 1.68. The molecule has 23 heavy (non-hydrogen) atoms. The minimum atomic E-state index is -0.000811. The van der Waals surface area contributed by atoms with Gasteiger partial charge in [0, 0.05) is 23.5 Å². The first-order chi connectivity index (χ1) is 11.2. The van der Waals surface area contributed by atoms with Crippen LogP contribution in [0.4, 0.5) is 0 Å². The molecule has 2 aromatic rings. The van der Waals surface area contributed by atoms with Crippen molar-refractivity contribution < 1.29 is 4.79 Å². The molecule has 0 atom stereocenters. The molecular weight excluding hydrogens is 308 g/mol. The molecule has 5 nitrogen and oxygen atoms in total. The van der Waals surface area contributed by atoms with Crippen molar-refractivity contribution in [2.24, 2.45) is 10.7 Å². The van der Waals surface area contributed by atoms with E-state index in [1.807, 2.05) is 24.3 Å². The van der Waals surface area contributed by atoms with Crippen LogP contribution in [0.15, 0.2) is 40.7 Å². The number of hydrogen-bond acceptors (Lipinski definition) is 3. The van der Waals surface area contributed by atoms with Crippen molar-refractivity contribution >= 4 is 23.2 Å². The van der Waals surface area contributed by atoms with E-state index in [9.17, 15) is 4.79 Å². The zero-order valence-electron chi connectivity index (χ0n) is 12.8. The lowest BCUT2D eigenvalue weighted by atomic mass is 9.98. The summed E-state index contributed by atoms with van der Waals surface area (Å²) in [4.78, 5) is 17.5. The van der Waals surface area contributed by atoms with Crippen LogP contribution in [-0.4, -0.2) is 25.0 Å². The van der Waals surface area contributed by atoms with E-state index in [2.05, 4.69) is 27.1 Å². The van der Waals surface area contributed by atoms with Crippen LogP contribution in [0, 0.1) is 0 Å². The van der Waals surface area contributed by atoms with Gasteiger partial charge in [0.1, 0.15) is 0 Å². The average molecular weight is 328 g/mol. The Bertz CT molecular complexity index is 709. The lowest BCUT2D eigenvalue weighted by Gasteiger charge is -2.16. The van der Waals surface area contributed by atoms with E-state index < -0.39 is 0 Å². The Hall–Kier alpha value is -2.34. The molecule has 4 N–H and O–H groups in total. The third-order valence-electron chi connectivity index (χ3n) is 3.79. The number of rotatable bonds is 5. The van der Waals surface area contributed by atoms with Crippen molar-refractivity contribution in [2.45, 2.75) is 19.4 Å². The minimum absolute atomic E-state index is 0.000811. The molecule has 1 aliphatic rings. The number of carbonyl (C=O) groups excluding carboxylic acids is 1. The zero-order chi connectivity index (χ0) is 16.1. The van der Waals surface area contributed by atoms with Gasteiger partial charge in [0.15, 0.2) is 5.96 Å². The maximum atomic E-state index is 11.8. The van der Waals surface area contributed by atoms with E-state index in [0.29, 0.717) is 19.0 Å². The van der Waals surface area contributed by atoms with E-state index in [-0.39, 0.29) is 5.91 Å². The van der Waals surface area contributed by atoms with Gasteiger partial charge in [-0.25, -0.2) is 4.99 Å². The van der Waals surface area contributed by atoms with E-state index in [0.717, 1.165) is 36.1 Å². The normalized spacial score (nSPS) is 14.3.